The van der Waals surface area contributed by atoms with E-state index >= 15 is 0 Å². The number of carbonyl (C=O) groups excluding carboxylic acids is 1. The number of anilines is 1. The SMILES string of the molecule is CC(CCCO)NC(=O)/C=C/c1ccc(N(C)C)cc1. The third kappa shape index (κ3) is 5.89. The minimum atomic E-state index is -0.105. The monoisotopic (exact) mass is 276 g/mol. The number of aliphatic hydroxyl groups excluding tert-OH is 1. The zero-order chi connectivity index (χ0) is 15.0. The first-order valence-corrected chi connectivity index (χ1v) is 6.89. The van der Waals surface area contributed by atoms with Gasteiger partial charge in [0.15, 0.2) is 0 Å². The Morgan fingerprint density at radius 1 is 1.35 bits per heavy atom. The van der Waals surface area contributed by atoms with Crippen LogP contribution in [-0.2, 0) is 4.79 Å². The first-order valence-electron chi connectivity index (χ1n) is 6.89. The van der Waals surface area contributed by atoms with Crippen molar-refractivity contribution < 1.29 is 9.90 Å². The standard InChI is InChI=1S/C16H24N2O2/c1-13(5-4-12-19)17-16(20)11-8-14-6-9-15(10-7-14)18(2)3/h6-11,13,19H,4-5,12H2,1-3H3,(H,17,20)/b11-8+. The lowest BCUT2D eigenvalue weighted by atomic mass is 10.1. The van der Waals surface area contributed by atoms with Crippen LogP contribution < -0.4 is 10.2 Å². The normalized spacial score (nSPS) is 12.4. The van der Waals surface area contributed by atoms with Gasteiger partial charge in [-0.1, -0.05) is 12.1 Å². The molecule has 0 heterocycles. The van der Waals surface area contributed by atoms with Gasteiger partial charge >= 0.3 is 0 Å². The second-order valence-electron chi connectivity index (χ2n) is 5.09. The Kier molecular flexibility index (Phi) is 6.81. The molecule has 0 aliphatic rings. The van der Waals surface area contributed by atoms with E-state index in [-0.39, 0.29) is 18.6 Å². The van der Waals surface area contributed by atoms with E-state index in [1.807, 2.05) is 50.2 Å². The molecule has 0 aromatic heterocycles. The quantitative estimate of drug-likeness (QED) is 0.749. The van der Waals surface area contributed by atoms with Crippen molar-refractivity contribution in [2.75, 3.05) is 25.6 Å². The number of hydrogen-bond donors (Lipinski definition) is 2. The number of nitrogens with one attached hydrogen (secondary N) is 1. The van der Waals surface area contributed by atoms with Crippen LogP contribution in [0.25, 0.3) is 6.08 Å². The van der Waals surface area contributed by atoms with E-state index in [2.05, 4.69) is 5.32 Å². The number of hydrogen-bond acceptors (Lipinski definition) is 3. The zero-order valence-corrected chi connectivity index (χ0v) is 12.5. The predicted molar refractivity (Wildman–Crippen MR) is 83.7 cm³/mol. The highest BCUT2D eigenvalue weighted by Crippen LogP contribution is 2.13. The van der Waals surface area contributed by atoms with Crippen molar-refractivity contribution in [1.82, 2.24) is 5.32 Å². The Hall–Kier alpha value is -1.81. The average Bonchev–Trinajstić information content (AvgIpc) is 2.43. The summed E-state index contributed by atoms with van der Waals surface area (Å²) in [4.78, 5) is 13.7. The number of benzene rings is 1. The molecule has 0 bridgehead atoms. The van der Waals surface area contributed by atoms with Crippen molar-refractivity contribution >= 4 is 17.7 Å². The second kappa shape index (κ2) is 8.38. The summed E-state index contributed by atoms with van der Waals surface area (Å²) in [5, 5.41) is 11.6. The van der Waals surface area contributed by atoms with Crippen LogP contribution in [-0.4, -0.2) is 37.8 Å². The molecule has 0 saturated carbocycles. The highest BCUT2D eigenvalue weighted by molar-refractivity contribution is 5.91. The van der Waals surface area contributed by atoms with Gasteiger partial charge in [-0.3, -0.25) is 4.79 Å². The lowest BCUT2D eigenvalue weighted by Crippen LogP contribution is -2.31. The molecule has 110 valence electrons. The predicted octanol–water partition coefficient (Wildman–Crippen LogP) is 2.04. The fourth-order valence-corrected chi connectivity index (χ4v) is 1.82. The molecule has 0 radical (unpaired) electrons. The number of aliphatic hydroxyl groups is 1. The molecule has 1 amide bonds. The van der Waals surface area contributed by atoms with Gasteiger partial charge in [-0.2, -0.15) is 0 Å². The summed E-state index contributed by atoms with van der Waals surface area (Å²) in [5.74, 6) is -0.105. The van der Waals surface area contributed by atoms with Crippen LogP contribution in [0.15, 0.2) is 30.3 Å². The summed E-state index contributed by atoms with van der Waals surface area (Å²) in [6, 6.07) is 8.07. The Bertz CT molecular complexity index is 438. The Balaban J connectivity index is 2.48. The molecular formula is C16H24N2O2. The number of nitrogens with zero attached hydrogens (tertiary/aromatic N) is 1. The first kappa shape index (κ1) is 16.2. The van der Waals surface area contributed by atoms with Crippen molar-refractivity contribution in [2.45, 2.75) is 25.8 Å². The maximum atomic E-state index is 11.7. The van der Waals surface area contributed by atoms with Crippen LogP contribution in [0, 0.1) is 0 Å². The molecule has 1 aromatic carbocycles. The van der Waals surface area contributed by atoms with Crippen molar-refractivity contribution in [3.63, 3.8) is 0 Å². The van der Waals surface area contributed by atoms with Crippen LogP contribution in [0.5, 0.6) is 0 Å². The Morgan fingerprint density at radius 2 is 2.00 bits per heavy atom. The van der Waals surface area contributed by atoms with Crippen molar-refractivity contribution in [3.05, 3.63) is 35.9 Å². The van der Waals surface area contributed by atoms with E-state index in [9.17, 15) is 4.79 Å². The van der Waals surface area contributed by atoms with E-state index in [4.69, 9.17) is 5.11 Å². The average molecular weight is 276 g/mol. The van der Waals surface area contributed by atoms with Crippen molar-refractivity contribution in [1.29, 1.82) is 0 Å². The maximum Gasteiger partial charge on any atom is 0.244 e. The minimum Gasteiger partial charge on any atom is -0.396 e. The summed E-state index contributed by atoms with van der Waals surface area (Å²) in [6.07, 6.45) is 4.83. The number of amides is 1. The highest BCUT2D eigenvalue weighted by atomic mass is 16.2. The van der Waals surface area contributed by atoms with Gasteiger partial charge in [0.05, 0.1) is 0 Å². The second-order valence-corrected chi connectivity index (χ2v) is 5.09. The summed E-state index contributed by atoms with van der Waals surface area (Å²) in [5.41, 5.74) is 2.12. The van der Waals surface area contributed by atoms with Gasteiger partial charge in [0.2, 0.25) is 5.91 Å². The van der Waals surface area contributed by atoms with Gasteiger partial charge in [0.25, 0.3) is 0 Å². The first-order chi connectivity index (χ1) is 9.52. The summed E-state index contributed by atoms with van der Waals surface area (Å²) < 4.78 is 0. The molecule has 4 heteroatoms. The van der Waals surface area contributed by atoms with E-state index in [0.29, 0.717) is 6.42 Å². The molecule has 0 saturated heterocycles. The van der Waals surface area contributed by atoms with Crippen molar-refractivity contribution in [2.24, 2.45) is 0 Å². The molecule has 1 atom stereocenters. The van der Waals surface area contributed by atoms with Gasteiger partial charge in [-0.05, 0) is 43.5 Å². The van der Waals surface area contributed by atoms with E-state index < -0.39 is 0 Å². The smallest absolute Gasteiger partial charge is 0.244 e. The van der Waals surface area contributed by atoms with Crippen LogP contribution in [0.4, 0.5) is 5.69 Å². The number of carbonyl (C=O) groups is 1. The molecular weight excluding hydrogens is 252 g/mol. The van der Waals surface area contributed by atoms with Crippen LogP contribution in [0.3, 0.4) is 0 Å². The number of rotatable bonds is 7. The molecule has 1 rings (SSSR count). The molecule has 20 heavy (non-hydrogen) atoms. The summed E-state index contributed by atoms with van der Waals surface area (Å²) in [7, 11) is 3.98. The largest absolute Gasteiger partial charge is 0.396 e. The molecule has 1 aromatic rings. The van der Waals surface area contributed by atoms with Crippen LogP contribution in [0.2, 0.25) is 0 Å². The molecule has 0 aliphatic heterocycles. The third-order valence-corrected chi connectivity index (χ3v) is 3.02. The lowest BCUT2D eigenvalue weighted by molar-refractivity contribution is -0.117. The fourth-order valence-electron chi connectivity index (χ4n) is 1.82. The van der Waals surface area contributed by atoms with Crippen molar-refractivity contribution in [3.8, 4) is 0 Å². The highest BCUT2D eigenvalue weighted by Gasteiger charge is 2.03. The van der Waals surface area contributed by atoms with Crippen LogP contribution in [0.1, 0.15) is 25.3 Å². The Labute approximate surface area is 121 Å². The minimum absolute atomic E-state index is 0.0791. The molecule has 2 N–H and O–H groups in total. The molecule has 0 aliphatic carbocycles. The zero-order valence-electron chi connectivity index (χ0n) is 12.5. The molecule has 0 spiro atoms. The topological polar surface area (TPSA) is 52.6 Å². The maximum absolute atomic E-state index is 11.7. The lowest BCUT2D eigenvalue weighted by Gasteiger charge is -2.12. The van der Waals surface area contributed by atoms with E-state index in [0.717, 1.165) is 17.7 Å². The van der Waals surface area contributed by atoms with Gasteiger partial charge in [0.1, 0.15) is 0 Å². The molecule has 4 nitrogen and oxygen atoms in total. The summed E-state index contributed by atoms with van der Waals surface area (Å²) >= 11 is 0. The fraction of sp³-hybridized carbons (Fsp3) is 0.438. The van der Waals surface area contributed by atoms with E-state index in [1.54, 1.807) is 12.2 Å². The van der Waals surface area contributed by atoms with Crippen LogP contribution >= 0.6 is 0 Å². The third-order valence-electron chi connectivity index (χ3n) is 3.02. The summed E-state index contributed by atoms with van der Waals surface area (Å²) in [6.45, 7) is 2.10. The van der Waals surface area contributed by atoms with Gasteiger partial charge < -0.3 is 15.3 Å². The van der Waals surface area contributed by atoms with Gasteiger partial charge in [-0.25, -0.2) is 0 Å². The van der Waals surface area contributed by atoms with E-state index in [1.165, 1.54) is 0 Å². The van der Waals surface area contributed by atoms with Gasteiger partial charge in [0, 0.05) is 38.5 Å². The molecule has 1 unspecified atom stereocenters. The Morgan fingerprint density at radius 3 is 2.55 bits per heavy atom. The molecule has 0 fully saturated rings. The van der Waals surface area contributed by atoms with Gasteiger partial charge in [-0.15, -0.1) is 0 Å².